The lowest BCUT2D eigenvalue weighted by Gasteiger charge is -2.36. The van der Waals surface area contributed by atoms with Crippen LogP contribution in [0.3, 0.4) is 0 Å². The Morgan fingerprint density at radius 2 is 1.42 bits per heavy atom. The number of amides is 3. The molecule has 2 rings (SSSR count). The maximum Gasteiger partial charge on any atom is 0.303 e. The molecule has 0 aliphatic carbocycles. The minimum absolute atomic E-state index is 0.0113. The van der Waals surface area contributed by atoms with Crippen molar-refractivity contribution >= 4 is 23.7 Å². The van der Waals surface area contributed by atoms with Crippen LogP contribution < -0.4 is 16.0 Å². The fraction of sp³-hybridized carbons (Fsp3) is 0.818. The predicted octanol–water partition coefficient (Wildman–Crippen LogP) is -1.31. The van der Waals surface area contributed by atoms with Gasteiger partial charge >= 0.3 is 5.97 Å². The summed E-state index contributed by atoms with van der Waals surface area (Å²) >= 11 is 0. The van der Waals surface area contributed by atoms with E-state index in [2.05, 4.69) is 37.7 Å². The minimum atomic E-state index is -0.894. The quantitative estimate of drug-likeness (QED) is 0.136. The lowest BCUT2D eigenvalue weighted by molar-refractivity contribution is -0.137. The molecule has 0 bridgehead atoms. The van der Waals surface area contributed by atoms with Crippen molar-refractivity contribution in [3.05, 3.63) is 0 Å². The number of piperazine rings is 1. The van der Waals surface area contributed by atoms with Crippen LogP contribution in [0.15, 0.2) is 0 Å². The van der Waals surface area contributed by atoms with Crippen molar-refractivity contribution in [3.8, 4) is 0 Å². The van der Waals surface area contributed by atoms with Gasteiger partial charge in [-0.15, -0.1) is 0 Å². The van der Waals surface area contributed by atoms with Crippen molar-refractivity contribution in [2.24, 2.45) is 0 Å². The Kier molecular flexibility index (Phi) is 12.1. The summed E-state index contributed by atoms with van der Waals surface area (Å²) in [4.78, 5) is 53.4. The van der Waals surface area contributed by atoms with Crippen molar-refractivity contribution in [2.75, 3.05) is 72.5 Å². The fourth-order valence-electron chi connectivity index (χ4n) is 4.15. The molecule has 0 saturated carbocycles. The van der Waals surface area contributed by atoms with Gasteiger partial charge in [0, 0.05) is 77.7 Å². The van der Waals surface area contributed by atoms with Crippen LogP contribution in [0.1, 0.15) is 38.5 Å². The monoisotopic (exact) mass is 482 g/mol. The molecule has 2 fully saturated rings. The van der Waals surface area contributed by atoms with E-state index < -0.39 is 5.97 Å². The number of hydrogen-bond acceptors (Lipinski definition) is 7. The summed E-state index contributed by atoms with van der Waals surface area (Å²) in [6, 6.07) is 0.415. The summed E-state index contributed by atoms with van der Waals surface area (Å²) in [7, 11) is 2.15. The molecular weight excluding hydrogens is 442 g/mol. The second-order valence-corrected chi connectivity index (χ2v) is 8.92. The fourth-order valence-corrected chi connectivity index (χ4v) is 4.15. The Morgan fingerprint density at radius 1 is 0.818 bits per heavy atom. The van der Waals surface area contributed by atoms with Crippen molar-refractivity contribution in [1.29, 1.82) is 0 Å². The number of aliphatic carboxylic acids is 1. The molecule has 0 aromatic heterocycles. The van der Waals surface area contributed by atoms with E-state index in [1.807, 2.05) is 0 Å². The third kappa shape index (κ3) is 11.4. The highest BCUT2D eigenvalue weighted by molar-refractivity contribution is 5.81. The maximum atomic E-state index is 12.3. The van der Waals surface area contributed by atoms with Crippen LogP contribution in [0.4, 0.5) is 0 Å². The Hall–Kier alpha value is -2.24. The average molecular weight is 482 g/mol. The number of likely N-dealkylation sites (N-methyl/N-ethyl adjacent to an activating group) is 1. The van der Waals surface area contributed by atoms with E-state index >= 15 is 0 Å². The molecule has 188 valence electrons. The molecule has 3 amide bonds. The first kappa shape index (κ1) is 27.0. The maximum absolute atomic E-state index is 12.3. The van der Waals surface area contributed by atoms with Gasteiger partial charge in [0.25, 0.3) is 0 Å². The van der Waals surface area contributed by atoms with Gasteiger partial charge < -0.3 is 26.0 Å². The van der Waals surface area contributed by atoms with Crippen LogP contribution in [-0.4, -0.2) is 122 Å². The van der Waals surface area contributed by atoms with E-state index in [4.69, 9.17) is 5.11 Å². The smallest absolute Gasteiger partial charge is 0.303 e. The second kappa shape index (κ2) is 14.8. The topological polar surface area (TPSA) is 134 Å². The highest BCUT2D eigenvalue weighted by Crippen LogP contribution is 2.18. The van der Waals surface area contributed by atoms with Gasteiger partial charge in [-0.05, 0) is 32.9 Å². The Labute approximate surface area is 196 Å². The molecule has 11 heteroatoms. The standard InChI is InChI=1S/C22H40N6O5/c1-26-12-14-27(15-13-26)16-18-4-3-11-28(18)17-21(31)25-10-7-20(30)24-9-6-19(29)23-8-2-5-22(32)33/h18H,2-17H2,1H3,(H,23,29)(H,24,30)(H,25,31)(H,32,33)/i1+1,3+1,4+1,7+1,11+1,12+1,14+1,15+1,16+1,18+1,20+1,25+1,26+1,28+1. The molecule has 11 nitrogen and oxygen atoms in total. The first-order valence-electron chi connectivity index (χ1n) is 12.0. The molecule has 0 aromatic rings. The summed E-state index contributed by atoms with van der Waals surface area (Å²) in [5.74, 6) is -1.41. The Morgan fingerprint density at radius 3 is 2.06 bits per heavy atom. The average Bonchev–Trinajstić information content (AvgIpc) is 3.19. The number of rotatable bonds is 14. The van der Waals surface area contributed by atoms with E-state index in [1.54, 1.807) is 0 Å². The van der Waals surface area contributed by atoms with E-state index in [-0.39, 0.29) is 50.1 Å². The van der Waals surface area contributed by atoms with Crippen molar-refractivity contribution in [1.82, 2.24) is 30.7 Å². The summed E-state index contributed by atoms with van der Waals surface area (Å²) < 4.78 is 0. The van der Waals surface area contributed by atoms with Crippen LogP contribution in [0.25, 0.3) is 0 Å². The number of nitrogens with zero attached hydrogens (tertiary/aromatic N) is 3. The molecule has 2 heterocycles. The first-order valence-corrected chi connectivity index (χ1v) is 12.0. The molecular formula is C22H40N6O5. The van der Waals surface area contributed by atoms with Gasteiger partial charge in [0.2, 0.25) is 17.7 Å². The van der Waals surface area contributed by atoms with Crippen LogP contribution in [0, 0.1) is 0 Å². The molecule has 1 atom stereocenters. The van der Waals surface area contributed by atoms with Gasteiger partial charge in [0.1, 0.15) is 0 Å². The molecule has 2 aliphatic rings. The summed E-state index contributed by atoms with van der Waals surface area (Å²) in [5, 5.41) is 16.6. The van der Waals surface area contributed by atoms with Crippen molar-refractivity contribution in [3.63, 3.8) is 0 Å². The number of hydrogen-bond donors (Lipinski definition) is 4. The molecule has 2 aliphatic heterocycles. The summed E-state index contributed by atoms with van der Waals surface area (Å²) in [5.41, 5.74) is 0. The number of nitrogens with one attached hydrogen (secondary N) is 3. The van der Waals surface area contributed by atoms with Gasteiger partial charge in [-0.3, -0.25) is 29.0 Å². The van der Waals surface area contributed by atoms with Crippen LogP contribution >= 0.6 is 0 Å². The highest BCUT2D eigenvalue weighted by Gasteiger charge is 2.28. The van der Waals surface area contributed by atoms with Crippen LogP contribution in [0.5, 0.6) is 0 Å². The number of carbonyl (C=O) groups is 4. The molecule has 0 radical (unpaired) electrons. The normalized spacial score (nSPS) is 19.8. The third-order valence-corrected chi connectivity index (χ3v) is 6.15. The zero-order chi connectivity index (χ0) is 24.1. The van der Waals surface area contributed by atoms with Crippen molar-refractivity contribution < 1.29 is 24.3 Å². The molecule has 33 heavy (non-hydrogen) atoms. The zero-order valence-electron chi connectivity index (χ0n) is 19.8. The summed E-state index contributed by atoms with van der Waals surface area (Å²) in [6.45, 7) is 7.42. The summed E-state index contributed by atoms with van der Waals surface area (Å²) in [6.07, 6.45) is 2.92. The number of carboxylic acids is 1. The molecule has 2 saturated heterocycles. The van der Waals surface area contributed by atoms with Gasteiger partial charge in [-0.25, -0.2) is 0 Å². The predicted molar refractivity (Wildman–Crippen MR) is 124 cm³/mol. The number of carbonyl (C=O) groups excluding carboxylic acids is 3. The Balaban J connectivity index is 1.52. The number of carboxylic acid groups (broad SMARTS) is 1. The molecule has 0 aromatic carbocycles. The lowest BCUT2D eigenvalue weighted by Crippen LogP contribution is -2.50. The second-order valence-electron chi connectivity index (χ2n) is 8.92. The van der Waals surface area contributed by atoms with Gasteiger partial charge in [-0.1, -0.05) is 0 Å². The molecule has 4 N–H and O–H groups in total. The van der Waals surface area contributed by atoms with Gasteiger partial charge in [0.05, 0.1) is 6.54 Å². The van der Waals surface area contributed by atoms with E-state index in [0.717, 1.165) is 52.1 Å². The van der Waals surface area contributed by atoms with Crippen LogP contribution in [-0.2, 0) is 19.2 Å². The third-order valence-electron chi connectivity index (χ3n) is 6.15. The van der Waals surface area contributed by atoms with Gasteiger partial charge in [0.15, 0.2) is 0 Å². The Bertz CT molecular complexity index is 653. The van der Waals surface area contributed by atoms with E-state index in [9.17, 15) is 19.2 Å². The largest absolute Gasteiger partial charge is 0.481 e. The van der Waals surface area contributed by atoms with Crippen LogP contribution in [0.2, 0.25) is 0 Å². The highest BCUT2D eigenvalue weighted by atomic mass is 16.4. The van der Waals surface area contributed by atoms with Gasteiger partial charge in [-0.2, -0.15) is 0 Å². The minimum Gasteiger partial charge on any atom is -0.481 e. The molecule has 1 unspecified atom stereocenters. The lowest BCUT2D eigenvalue weighted by atomic mass is 10.3. The SMILES string of the molecule is [13CH3][15N]1C[13CH2]N([13CH2][13CH]2[13CH2][13CH2][13CH2][15N]2CC(=O)[15NH]C[13CH2][13C](=O)NCCC(=O)NCCCC(=O)O)[13CH2][13CH2]1. The van der Waals surface area contributed by atoms with Crippen molar-refractivity contribution in [2.45, 2.75) is 44.6 Å². The first-order chi connectivity index (χ1) is 15.8. The van der Waals surface area contributed by atoms with E-state index in [0.29, 0.717) is 25.6 Å². The molecule has 0 spiro atoms. The zero-order valence-corrected chi connectivity index (χ0v) is 19.8. The number of likely N-dealkylation sites (tertiary alicyclic amines) is 1. The van der Waals surface area contributed by atoms with E-state index in [1.165, 1.54) is 0 Å².